The smallest absolute Gasteiger partial charge is 0.409 e. The number of rotatable bonds is 7. The van der Waals surface area contributed by atoms with Gasteiger partial charge in [0, 0.05) is 7.05 Å². The number of fused-ring (bicyclic) bond motifs is 1. The molecule has 11 heteroatoms. The highest BCUT2D eigenvalue weighted by Gasteiger charge is 2.17. The first-order valence-corrected chi connectivity index (χ1v) is 8.50. The Morgan fingerprint density at radius 2 is 2.00 bits per heavy atom. The summed E-state index contributed by atoms with van der Waals surface area (Å²) in [6.45, 7) is 7.43. The fourth-order valence-corrected chi connectivity index (χ4v) is 2.17. The van der Waals surface area contributed by atoms with Crippen LogP contribution in [0, 0.1) is 0 Å². The molecule has 0 aliphatic rings. The van der Waals surface area contributed by atoms with E-state index in [1.807, 2.05) is 0 Å². The molecule has 11 nitrogen and oxygen atoms in total. The van der Waals surface area contributed by atoms with Crippen LogP contribution in [0.2, 0.25) is 0 Å². The Morgan fingerprint density at radius 1 is 1.26 bits per heavy atom. The van der Waals surface area contributed by atoms with E-state index in [2.05, 4.69) is 30.9 Å². The highest BCUT2D eigenvalue weighted by atomic mass is 16.6. The Balaban J connectivity index is 2.12. The van der Waals surface area contributed by atoms with Gasteiger partial charge in [-0.05, 0) is 27.7 Å². The maximum Gasteiger partial charge on any atom is 0.409 e. The lowest BCUT2D eigenvalue weighted by Gasteiger charge is -2.19. The summed E-state index contributed by atoms with van der Waals surface area (Å²) in [6, 6.07) is 0. The molecule has 1 amide bonds. The van der Waals surface area contributed by atoms with E-state index in [1.54, 1.807) is 39.3 Å². The van der Waals surface area contributed by atoms with Crippen molar-refractivity contribution >= 4 is 35.0 Å². The van der Waals surface area contributed by atoms with E-state index >= 15 is 0 Å². The van der Waals surface area contributed by atoms with E-state index in [4.69, 9.17) is 9.47 Å². The lowest BCUT2D eigenvalue weighted by Crippen LogP contribution is -2.35. The number of alkyl carbamates (subject to hydrolysis) is 1. The molecule has 0 radical (unpaired) electrons. The normalized spacial score (nSPS) is 11.1. The molecule has 0 fully saturated rings. The predicted molar refractivity (Wildman–Crippen MR) is 99.4 cm³/mol. The molecule has 0 saturated heterocycles. The SMILES string of the molecule is CCOC(=O)Cn1cnc2c(NC)nc(NCNC(=O)OC(C)(C)C)nc21. The number of aromatic nitrogens is 4. The number of imidazole rings is 1. The summed E-state index contributed by atoms with van der Waals surface area (Å²) in [5, 5.41) is 8.39. The van der Waals surface area contributed by atoms with Gasteiger partial charge in [-0.25, -0.2) is 9.78 Å². The van der Waals surface area contributed by atoms with Gasteiger partial charge in [0.05, 0.1) is 19.6 Å². The first-order chi connectivity index (χ1) is 12.7. The van der Waals surface area contributed by atoms with Crippen molar-refractivity contribution in [2.24, 2.45) is 0 Å². The summed E-state index contributed by atoms with van der Waals surface area (Å²) in [5.74, 6) is 0.360. The maximum absolute atomic E-state index is 11.7. The van der Waals surface area contributed by atoms with Crippen molar-refractivity contribution in [3.05, 3.63) is 6.33 Å². The number of hydrogen-bond acceptors (Lipinski definition) is 9. The van der Waals surface area contributed by atoms with Crippen LogP contribution in [-0.4, -0.2) is 57.5 Å². The number of amides is 1. The van der Waals surface area contributed by atoms with Crippen molar-refractivity contribution < 1.29 is 19.1 Å². The van der Waals surface area contributed by atoms with Crippen molar-refractivity contribution in [2.75, 3.05) is 31.0 Å². The maximum atomic E-state index is 11.7. The summed E-state index contributed by atoms with van der Waals surface area (Å²) >= 11 is 0. The van der Waals surface area contributed by atoms with Crippen molar-refractivity contribution in [2.45, 2.75) is 39.8 Å². The van der Waals surface area contributed by atoms with Gasteiger partial charge < -0.3 is 30.0 Å². The second-order valence-electron chi connectivity index (χ2n) is 6.53. The molecule has 0 spiro atoms. The molecule has 27 heavy (non-hydrogen) atoms. The number of nitrogens with zero attached hydrogens (tertiary/aromatic N) is 4. The summed E-state index contributed by atoms with van der Waals surface area (Å²) < 4.78 is 11.7. The Labute approximate surface area is 156 Å². The molecule has 0 saturated carbocycles. The second-order valence-corrected chi connectivity index (χ2v) is 6.53. The Kier molecular flexibility index (Phi) is 6.37. The third-order valence-corrected chi connectivity index (χ3v) is 3.18. The molecule has 2 aromatic heterocycles. The molecule has 0 aliphatic heterocycles. The van der Waals surface area contributed by atoms with Gasteiger partial charge in [0.2, 0.25) is 5.95 Å². The minimum Gasteiger partial charge on any atom is -0.465 e. The minimum absolute atomic E-state index is 0.0138. The van der Waals surface area contributed by atoms with E-state index in [0.717, 1.165) is 0 Å². The average Bonchev–Trinajstić information content (AvgIpc) is 2.95. The van der Waals surface area contributed by atoms with Crippen LogP contribution in [0.15, 0.2) is 6.33 Å². The van der Waals surface area contributed by atoms with Crippen LogP contribution in [0.25, 0.3) is 11.2 Å². The monoisotopic (exact) mass is 379 g/mol. The van der Waals surface area contributed by atoms with Crippen LogP contribution in [-0.2, 0) is 20.8 Å². The van der Waals surface area contributed by atoms with E-state index in [1.165, 1.54) is 6.33 Å². The van der Waals surface area contributed by atoms with Crippen molar-refractivity contribution in [1.29, 1.82) is 0 Å². The van der Waals surface area contributed by atoms with Crippen LogP contribution in [0.5, 0.6) is 0 Å². The van der Waals surface area contributed by atoms with Crippen LogP contribution < -0.4 is 16.0 Å². The zero-order valence-electron chi connectivity index (χ0n) is 16.1. The van der Waals surface area contributed by atoms with Gasteiger partial charge in [-0.2, -0.15) is 9.97 Å². The van der Waals surface area contributed by atoms with Crippen molar-refractivity contribution in [1.82, 2.24) is 24.8 Å². The lowest BCUT2D eigenvalue weighted by molar-refractivity contribution is -0.143. The van der Waals surface area contributed by atoms with Gasteiger partial charge >= 0.3 is 12.1 Å². The highest BCUT2D eigenvalue weighted by Crippen LogP contribution is 2.20. The lowest BCUT2D eigenvalue weighted by atomic mass is 10.2. The molecule has 0 aromatic carbocycles. The van der Waals surface area contributed by atoms with Gasteiger partial charge in [-0.1, -0.05) is 0 Å². The number of esters is 1. The molecule has 3 N–H and O–H groups in total. The molecule has 2 rings (SSSR count). The summed E-state index contributed by atoms with van der Waals surface area (Å²) in [4.78, 5) is 36.3. The molecule has 0 bridgehead atoms. The van der Waals surface area contributed by atoms with Crippen LogP contribution in [0.3, 0.4) is 0 Å². The number of hydrogen-bond donors (Lipinski definition) is 3. The Hall–Kier alpha value is -3.11. The standard InChI is InChI=1S/C16H25N7O4/c1-6-26-10(24)7-23-9-20-11-12(17-5)21-14(22-13(11)23)18-8-19-15(25)27-16(2,3)4/h9H,6-8H2,1-5H3,(H,19,25)(H2,17,18,21,22). The number of nitrogens with one attached hydrogen (secondary N) is 3. The highest BCUT2D eigenvalue weighted by molar-refractivity contribution is 5.85. The summed E-state index contributed by atoms with van der Waals surface area (Å²) in [7, 11) is 1.70. The van der Waals surface area contributed by atoms with Crippen molar-refractivity contribution in [3.8, 4) is 0 Å². The Morgan fingerprint density at radius 3 is 2.63 bits per heavy atom. The predicted octanol–water partition coefficient (Wildman–Crippen LogP) is 1.33. The van der Waals surface area contributed by atoms with E-state index in [9.17, 15) is 9.59 Å². The number of anilines is 2. The largest absolute Gasteiger partial charge is 0.465 e. The molecule has 0 aliphatic carbocycles. The fourth-order valence-electron chi connectivity index (χ4n) is 2.17. The van der Waals surface area contributed by atoms with Gasteiger partial charge in [0.1, 0.15) is 12.1 Å². The van der Waals surface area contributed by atoms with Gasteiger partial charge in [0.15, 0.2) is 17.0 Å². The molecule has 2 aromatic rings. The van der Waals surface area contributed by atoms with Gasteiger partial charge in [-0.3, -0.25) is 4.79 Å². The molecule has 2 heterocycles. The van der Waals surface area contributed by atoms with Gasteiger partial charge in [-0.15, -0.1) is 0 Å². The molecule has 0 unspecified atom stereocenters. The van der Waals surface area contributed by atoms with E-state index in [0.29, 0.717) is 23.6 Å². The Bertz CT molecular complexity index is 813. The van der Waals surface area contributed by atoms with E-state index < -0.39 is 11.7 Å². The average molecular weight is 379 g/mol. The van der Waals surface area contributed by atoms with Crippen molar-refractivity contribution in [3.63, 3.8) is 0 Å². The third-order valence-electron chi connectivity index (χ3n) is 3.18. The summed E-state index contributed by atoms with van der Waals surface area (Å²) in [6.07, 6.45) is 0.942. The number of carbonyl (C=O) groups excluding carboxylic acids is 2. The zero-order chi connectivity index (χ0) is 20.0. The summed E-state index contributed by atoms with van der Waals surface area (Å²) in [5.41, 5.74) is 0.396. The van der Waals surface area contributed by atoms with Crippen LogP contribution >= 0.6 is 0 Å². The number of carbonyl (C=O) groups is 2. The first-order valence-electron chi connectivity index (χ1n) is 8.50. The minimum atomic E-state index is -0.585. The molecular weight excluding hydrogens is 354 g/mol. The molecule has 148 valence electrons. The van der Waals surface area contributed by atoms with E-state index in [-0.39, 0.29) is 25.1 Å². The van der Waals surface area contributed by atoms with Crippen LogP contribution in [0.4, 0.5) is 16.6 Å². The first kappa shape index (κ1) is 20.2. The quantitative estimate of drug-likeness (QED) is 0.481. The number of ether oxygens (including phenoxy) is 2. The third kappa shape index (κ3) is 5.69. The molecular formula is C16H25N7O4. The van der Waals surface area contributed by atoms with Crippen LogP contribution in [0.1, 0.15) is 27.7 Å². The topological polar surface area (TPSA) is 132 Å². The zero-order valence-corrected chi connectivity index (χ0v) is 16.1. The fraction of sp³-hybridized carbons (Fsp3) is 0.562. The second kappa shape index (κ2) is 8.52. The van der Waals surface area contributed by atoms with Gasteiger partial charge in [0.25, 0.3) is 0 Å². The molecule has 0 atom stereocenters.